The molecule has 2 heterocycles. The number of imide groups is 1. The number of carbonyl (C=O) groups excluding carboxylic acids is 3. The summed E-state index contributed by atoms with van der Waals surface area (Å²) in [5, 5.41) is 2.38. The lowest BCUT2D eigenvalue weighted by Gasteiger charge is -2.43. The Morgan fingerprint density at radius 3 is 2.10 bits per heavy atom. The van der Waals surface area contributed by atoms with E-state index in [2.05, 4.69) is 10.2 Å². The number of carbonyl (C=O) groups is 3. The number of nitrogens with zero attached hydrogens (tertiary/aromatic N) is 1. The quantitative estimate of drug-likeness (QED) is 0.661. The molecular weight excluding hydrogens is 268 g/mol. The summed E-state index contributed by atoms with van der Waals surface area (Å²) in [6.45, 7) is 1.67. The molecule has 0 bridgehead atoms. The van der Waals surface area contributed by atoms with Gasteiger partial charge in [0, 0.05) is 37.2 Å². The third-order valence-electron chi connectivity index (χ3n) is 4.57. The van der Waals surface area contributed by atoms with E-state index in [-0.39, 0.29) is 17.2 Å². The highest BCUT2D eigenvalue weighted by atomic mass is 16.2. The second-order valence-corrected chi connectivity index (χ2v) is 6.02. The van der Waals surface area contributed by atoms with Gasteiger partial charge in [-0.3, -0.25) is 19.7 Å². The highest BCUT2D eigenvalue weighted by molar-refractivity contribution is 5.98. The molecule has 5 heteroatoms. The molecule has 0 aromatic heterocycles. The van der Waals surface area contributed by atoms with Crippen LogP contribution in [0.4, 0.5) is 5.69 Å². The molecule has 0 aliphatic carbocycles. The summed E-state index contributed by atoms with van der Waals surface area (Å²) in [4.78, 5) is 36.1. The highest BCUT2D eigenvalue weighted by Crippen LogP contribution is 2.41. The van der Waals surface area contributed by atoms with Gasteiger partial charge < -0.3 is 4.90 Å². The molecule has 110 valence electrons. The maximum Gasteiger partial charge on any atom is 0.227 e. The summed E-state index contributed by atoms with van der Waals surface area (Å²) in [6, 6.07) is 7.51. The molecule has 21 heavy (non-hydrogen) atoms. The average Bonchev–Trinajstić information content (AvgIpc) is 2.47. The first-order valence-corrected chi connectivity index (χ1v) is 7.23. The smallest absolute Gasteiger partial charge is 0.227 e. The van der Waals surface area contributed by atoms with E-state index in [0.717, 1.165) is 37.9 Å². The van der Waals surface area contributed by atoms with Gasteiger partial charge in [0.1, 0.15) is 6.29 Å². The summed E-state index contributed by atoms with van der Waals surface area (Å²) in [6.07, 6.45) is 3.44. The Morgan fingerprint density at radius 2 is 1.57 bits per heavy atom. The number of aldehydes is 1. The van der Waals surface area contributed by atoms with E-state index >= 15 is 0 Å². The van der Waals surface area contributed by atoms with Crippen LogP contribution in [0.1, 0.15) is 36.0 Å². The molecule has 1 aromatic carbocycles. The molecule has 2 saturated heterocycles. The Balaban J connectivity index is 1.68. The fourth-order valence-electron chi connectivity index (χ4n) is 3.34. The highest BCUT2D eigenvalue weighted by Gasteiger charge is 2.41. The summed E-state index contributed by atoms with van der Waals surface area (Å²) < 4.78 is 0. The SMILES string of the molecule is O=Cc1ccc(N2CCC3(CC2)CC(=O)NC(=O)C3)cc1. The number of amides is 2. The maximum atomic E-state index is 11.6. The average molecular weight is 286 g/mol. The first kappa shape index (κ1) is 13.8. The van der Waals surface area contributed by atoms with Crippen molar-refractivity contribution in [3.63, 3.8) is 0 Å². The molecule has 2 aliphatic heterocycles. The molecule has 0 radical (unpaired) electrons. The molecule has 3 rings (SSSR count). The fourth-order valence-corrected chi connectivity index (χ4v) is 3.34. The van der Waals surface area contributed by atoms with Gasteiger partial charge in [-0.05, 0) is 42.5 Å². The molecule has 0 atom stereocenters. The molecule has 1 aromatic rings. The summed E-state index contributed by atoms with van der Waals surface area (Å²) in [5.74, 6) is -0.287. The third kappa shape index (κ3) is 2.82. The summed E-state index contributed by atoms with van der Waals surface area (Å²) >= 11 is 0. The van der Waals surface area contributed by atoms with Gasteiger partial charge in [-0.25, -0.2) is 0 Å². The van der Waals surface area contributed by atoms with Gasteiger partial charge in [0.2, 0.25) is 11.8 Å². The van der Waals surface area contributed by atoms with Crippen molar-refractivity contribution in [2.24, 2.45) is 5.41 Å². The lowest BCUT2D eigenvalue weighted by Crippen LogP contribution is -2.50. The molecule has 5 nitrogen and oxygen atoms in total. The van der Waals surface area contributed by atoms with Crippen LogP contribution in [0.25, 0.3) is 0 Å². The molecule has 2 fully saturated rings. The van der Waals surface area contributed by atoms with E-state index in [4.69, 9.17) is 0 Å². The fraction of sp³-hybridized carbons (Fsp3) is 0.438. The van der Waals surface area contributed by atoms with E-state index < -0.39 is 0 Å². The molecule has 1 N–H and O–H groups in total. The van der Waals surface area contributed by atoms with Crippen molar-refractivity contribution in [2.45, 2.75) is 25.7 Å². The van der Waals surface area contributed by atoms with Crippen LogP contribution in [0.2, 0.25) is 0 Å². The van der Waals surface area contributed by atoms with Crippen LogP contribution in [-0.2, 0) is 9.59 Å². The van der Waals surface area contributed by atoms with Crippen LogP contribution >= 0.6 is 0 Å². The van der Waals surface area contributed by atoms with Crippen LogP contribution in [0.5, 0.6) is 0 Å². The van der Waals surface area contributed by atoms with E-state index in [9.17, 15) is 14.4 Å². The van der Waals surface area contributed by atoms with Crippen molar-refractivity contribution in [3.8, 4) is 0 Å². The second kappa shape index (κ2) is 5.31. The van der Waals surface area contributed by atoms with Crippen LogP contribution in [0.3, 0.4) is 0 Å². The summed E-state index contributed by atoms with van der Waals surface area (Å²) in [7, 11) is 0. The third-order valence-corrected chi connectivity index (χ3v) is 4.57. The Hall–Kier alpha value is -2.17. The number of rotatable bonds is 2. The number of benzene rings is 1. The first-order chi connectivity index (χ1) is 10.1. The van der Waals surface area contributed by atoms with Gasteiger partial charge in [-0.1, -0.05) is 0 Å². The van der Waals surface area contributed by atoms with Gasteiger partial charge in [0.25, 0.3) is 0 Å². The number of nitrogens with one attached hydrogen (secondary N) is 1. The van der Waals surface area contributed by atoms with Crippen molar-refractivity contribution < 1.29 is 14.4 Å². The number of anilines is 1. The number of hydrogen-bond donors (Lipinski definition) is 1. The Labute approximate surface area is 123 Å². The van der Waals surface area contributed by atoms with E-state index in [1.807, 2.05) is 24.3 Å². The van der Waals surface area contributed by atoms with Gasteiger partial charge >= 0.3 is 0 Å². The van der Waals surface area contributed by atoms with E-state index in [0.29, 0.717) is 18.4 Å². The summed E-state index contributed by atoms with van der Waals surface area (Å²) in [5.41, 5.74) is 1.60. The molecule has 0 unspecified atom stereocenters. The second-order valence-electron chi connectivity index (χ2n) is 6.02. The molecule has 2 amide bonds. The predicted octanol–water partition coefficient (Wildman–Crippen LogP) is 1.52. The van der Waals surface area contributed by atoms with Crippen LogP contribution in [0.15, 0.2) is 24.3 Å². The minimum absolute atomic E-state index is 0.143. The van der Waals surface area contributed by atoms with E-state index in [1.165, 1.54) is 0 Å². The molecule has 2 aliphatic rings. The maximum absolute atomic E-state index is 11.6. The predicted molar refractivity (Wildman–Crippen MR) is 78.1 cm³/mol. The molecule has 1 spiro atoms. The van der Waals surface area contributed by atoms with Gasteiger partial charge in [-0.15, -0.1) is 0 Å². The van der Waals surface area contributed by atoms with Crippen molar-refractivity contribution in [1.29, 1.82) is 0 Å². The van der Waals surface area contributed by atoms with Gasteiger partial charge in [0.15, 0.2) is 0 Å². The van der Waals surface area contributed by atoms with Gasteiger partial charge in [-0.2, -0.15) is 0 Å². The van der Waals surface area contributed by atoms with Crippen molar-refractivity contribution in [3.05, 3.63) is 29.8 Å². The minimum Gasteiger partial charge on any atom is -0.371 e. The zero-order valence-corrected chi connectivity index (χ0v) is 11.8. The molecular formula is C16H18N2O3. The first-order valence-electron chi connectivity index (χ1n) is 7.23. The largest absolute Gasteiger partial charge is 0.371 e. The van der Waals surface area contributed by atoms with Gasteiger partial charge in [0.05, 0.1) is 0 Å². The molecule has 0 saturated carbocycles. The zero-order chi connectivity index (χ0) is 14.9. The van der Waals surface area contributed by atoms with Crippen molar-refractivity contribution in [2.75, 3.05) is 18.0 Å². The van der Waals surface area contributed by atoms with Crippen LogP contribution in [0, 0.1) is 5.41 Å². The van der Waals surface area contributed by atoms with Crippen LogP contribution < -0.4 is 10.2 Å². The lowest BCUT2D eigenvalue weighted by atomic mass is 9.71. The minimum atomic E-state index is -0.154. The topological polar surface area (TPSA) is 66.5 Å². The number of piperidine rings is 2. The number of hydrogen-bond acceptors (Lipinski definition) is 4. The monoisotopic (exact) mass is 286 g/mol. The van der Waals surface area contributed by atoms with Crippen LogP contribution in [-0.4, -0.2) is 31.2 Å². The Morgan fingerprint density at radius 1 is 1.00 bits per heavy atom. The van der Waals surface area contributed by atoms with Crippen molar-refractivity contribution >= 4 is 23.8 Å². The van der Waals surface area contributed by atoms with Crippen molar-refractivity contribution in [1.82, 2.24) is 5.32 Å². The Bertz CT molecular complexity index is 554. The lowest BCUT2D eigenvalue weighted by molar-refractivity contribution is -0.138. The zero-order valence-electron chi connectivity index (χ0n) is 11.8. The Kier molecular flexibility index (Phi) is 3.49. The normalized spacial score (nSPS) is 21.2. The standard InChI is InChI=1S/C16H18N2O3/c19-11-12-1-3-13(4-2-12)18-7-5-16(6-8-18)9-14(20)17-15(21)10-16/h1-4,11H,5-10H2,(H,17,20,21). The van der Waals surface area contributed by atoms with E-state index in [1.54, 1.807) is 0 Å².